The van der Waals surface area contributed by atoms with Crippen LogP contribution in [0.3, 0.4) is 0 Å². The summed E-state index contributed by atoms with van der Waals surface area (Å²) in [5.74, 6) is 1.12. The highest BCUT2D eigenvalue weighted by molar-refractivity contribution is 5.81. The Morgan fingerprint density at radius 3 is 2.61 bits per heavy atom. The number of rotatable bonds is 3. The fourth-order valence-corrected chi connectivity index (χ4v) is 3.30. The van der Waals surface area contributed by atoms with Gasteiger partial charge in [-0.25, -0.2) is 0 Å². The van der Waals surface area contributed by atoms with Crippen LogP contribution in [-0.2, 0) is 9.59 Å². The van der Waals surface area contributed by atoms with Crippen molar-refractivity contribution in [1.82, 2.24) is 10.2 Å². The Bertz CT molecular complexity index is 592. The van der Waals surface area contributed by atoms with Crippen LogP contribution in [-0.4, -0.2) is 36.4 Å². The number of carbonyl (C=O) groups is 2. The maximum atomic E-state index is 12.5. The lowest BCUT2D eigenvalue weighted by Gasteiger charge is -2.32. The fourth-order valence-electron chi connectivity index (χ4n) is 3.30. The van der Waals surface area contributed by atoms with E-state index in [1.54, 1.807) is 0 Å². The molecule has 5 nitrogen and oxygen atoms in total. The van der Waals surface area contributed by atoms with Crippen LogP contribution in [0.1, 0.15) is 38.3 Å². The van der Waals surface area contributed by atoms with Gasteiger partial charge >= 0.3 is 0 Å². The Kier molecular flexibility index (Phi) is 4.55. The molecule has 124 valence electrons. The summed E-state index contributed by atoms with van der Waals surface area (Å²) in [6, 6.07) is 7.76. The number of para-hydroxylation sites is 1. The van der Waals surface area contributed by atoms with E-state index in [0.29, 0.717) is 19.7 Å². The predicted octanol–water partition coefficient (Wildman–Crippen LogP) is 2.13. The highest BCUT2D eigenvalue weighted by atomic mass is 16.5. The number of likely N-dealkylation sites (tertiary alicyclic amines) is 1. The average Bonchev–Trinajstić information content (AvgIpc) is 2.97. The molecule has 3 rings (SSSR count). The Morgan fingerprint density at radius 1 is 1.22 bits per heavy atom. The Balaban J connectivity index is 1.54. The van der Waals surface area contributed by atoms with E-state index in [2.05, 4.69) is 5.32 Å². The predicted molar refractivity (Wildman–Crippen MR) is 87.0 cm³/mol. The van der Waals surface area contributed by atoms with Crippen molar-refractivity contribution in [2.75, 3.05) is 19.7 Å². The number of nitrogens with zero attached hydrogens (tertiary/aromatic N) is 1. The van der Waals surface area contributed by atoms with Crippen LogP contribution in [0.25, 0.3) is 0 Å². The Morgan fingerprint density at radius 2 is 1.91 bits per heavy atom. The van der Waals surface area contributed by atoms with Crippen LogP contribution in [0, 0.1) is 11.8 Å². The average molecular weight is 316 g/mol. The van der Waals surface area contributed by atoms with Crippen molar-refractivity contribution in [3.05, 3.63) is 29.8 Å². The van der Waals surface area contributed by atoms with Gasteiger partial charge in [-0.2, -0.15) is 0 Å². The van der Waals surface area contributed by atoms with Crippen molar-refractivity contribution in [3.63, 3.8) is 0 Å². The standard InChI is InChI=1S/C18H24N2O3/c1-12(2)18(22)20-9-7-13(8-10-20)17(21)19-15-11-23-16-6-4-3-5-14(15)16/h3-6,12-13,15H,7-11H2,1-2H3,(H,19,21). The summed E-state index contributed by atoms with van der Waals surface area (Å²) >= 11 is 0. The molecule has 0 radical (unpaired) electrons. The Labute approximate surface area is 137 Å². The van der Waals surface area contributed by atoms with Gasteiger partial charge < -0.3 is 15.0 Å². The van der Waals surface area contributed by atoms with Crippen LogP contribution < -0.4 is 10.1 Å². The first-order valence-corrected chi connectivity index (χ1v) is 8.37. The number of ether oxygens (including phenoxy) is 1. The van der Waals surface area contributed by atoms with E-state index in [4.69, 9.17) is 4.74 Å². The molecule has 2 aliphatic heterocycles. The van der Waals surface area contributed by atoms with Gasteiger partial charge in [-0.05, 0) is 18.9 Å². The minimum absolute atomic E-state index is 0.0148. The number of benzene rings is 1. The largest absolute Gasteiger partial charge is 0.491 e. The monoisotopic (exact) mass is 316 g/mol. The van der Waals surface area contributed by atoms with Gasteiger partial charge in [-0.15, -0.1) is 0 Å². The third-order valence-electron chi connectivity index (χ3n) is 4.69. The molecule has 1 unspecified atom stereocenters. The summed E-state index contributed by atoms with van der Waals surface area (Å²) in [5.41, 5.74) is 1.05. The molecule has 23 heavy (non-hydrogen) atoms. The molecule has 1 aromatic carbocycles. The number of hydrogen-bond acceptors (Lipinski definition) is 3. The van der Waals surface area contributed by atoms with Crippen LogP contribution in [0.5, 0.6) is 5.75 Å². The van der Waals surface area contributed by atoms with Crippen molar-refractivity contribution in [3.8, 4) is 5.75 Å². The lowest BCUT2D eigenvalue weighted by Crippen LogP contribution is -2.45. The summed E-state index contributed by atoms with van der Waals surface area (Å²) in [4.78, 5) is 26.4. The molecule has 5 heteroatoms. The lowest BCUT2D eigenvalue weighted by atomic mass is 9.94. The first kappa shape index (κ1) is 15.8. The number of nitrogens with one attached hydrogen (secondary N) is 1. The molecule has 1 atom stereocenters. The van der Waals surface area contributed by atoms with E-state index >= 15 is 0 Å². The zero-order valence-electron chi connectivity index (χ0n) is 13.7. The molecule has 0 bridgehead atoms. The van der Waals surface area contributed by atoms with Crippen molar-refractivity contribution >= 4 is 11.8 Å². The molecule has 0 aromatic heterocycles. The molecule has 1 saturated heterocycles. The van der Waals surface area contributed by atoms with E-state index < -0.39 is 0 Å². The molecule has 2 heterocycles. The summed E-state index contributed by atoms with van der Waals surface area (Å²) in [7, 11) is 0. The third-order valence-corrected chi connectivity index (χ3v) is 4.69. The number of carbonyl (C=O) groups excluding carboxylic acids is 2. The van der Waals surface area contributed by atoms with Gasteiger partial charge in [-0.1, -0.05) is 32.0 Å². The number of hydrogen-bond donors (Lipinski definition) is 1. The molecule has 0 spiro atoms. The summed E-state index contributed by atoms with van der Waals surface area (Å²) in [6.45, 7) is 5.67. The minimum Gasteiger partial charge on any atom is -0.491 e. The summed E-state index contributed by atoms with van der Waals surface area (Å²) in [5, 5.41) is 3.10. The van der Waals surface area contributed by atoms with Gasteiger partial charge in [0.2, 0.25) is 11.8 Å². The van der Waals surface area contributed by atoms with Crippen molar-refractivity contribution in [2.45, 2.75) is 32.7 Å². The topological polar surface area (TPSA) is 58.6 Å². The van der Waals surface area contributed by atoms with Crippen LogP contribution in [0.4, 0.5) is 0 Å². The second-order valence-electron chi connectivity index (χ2n) is 6.66. The van der Waals surface area contributed by atoms with Crippen LogP contribution >= 0.6 is 0 Å². The van der Waals surface area contributed by atoms with E-state index in [9.17, 15) is 9.59 Å². The van der Waals surface area contributed by atoms with Crippen molar-refractivity contribution < 1.29 is 14.3 Å². The zero-order chi connectivity index (χ0) is 16.4. The molecule has 1 N–H and O–H groups in total. The maximum Gasteiger partial charge on any atom is 0.225 e. The highest BCUT2D eigenvalue weighted by Gasteiger charge is 2.31. The van der Waals surface area contributed by atoms with Gasteiger partial charge in [0.15, 0.2) is 0 Å². The SMILES string of the molecule is CC(C)C(=O)N1CCC(C(=O)NC2COc3ccccc32)CC1. The number of fused-ring (bicyclic) bond motifs is 1. The molecule has 2 amide bonds. The Hall–Kier alpha value is -2.04. The van der Waals surface area contributed by atoms with Gasteiger partial charge in [0.05, 0.1) is 6.04 Å². The van der Waals surface area contributed by atoms with Crippen molar-refractivity contribution in [2.24, 2.45) is 11.8 Å². The van der Waals surface area contributed by atoms with E-state index in [1.165, 1.54) is 0 Å². The van der Waals surface area contributed by atoms with Gasteiger partial charge in [0.1, 0.15) is 12.4 Å². The summed E-state index contributed by atoms with van der Waals surface area (Å²) < 4.78 is 5.61. The van der Waals surface area contributed by atoms with E-state index in [0.717, 1.165) is 24.2 Å². The smallest absolute Gasteiger partial charge is 0.225 e. The first-order valence-electron chi connectivity index (χ1n) is 8.37. The molecule has 2 aliphatic rings. The summed E-state index contributed by atoms with van der Waals surface area (Å²) in [6.07, 6.45) is 1.47. The van der Waals surface area contributed by atoms with Gasteiger partial charge in [0.25, 0.3) is 0 Å². The number of piperidine rings is 1. The normalized spacial score (nSPS) is 21.0. The highest BCUT2D eigenvalue weighted by Crippen LogP contribution is 2.32. The van der Waals surface area contributed by atoms with Crippen LogP contribution in [0.15, 0.2) is 24.3 Å². The minimum atomic E-state index is -0.0611. The van der Waals surface area contributed by atoms with E-state index in [-0.39, 0.29) is 29.7 Å². The molecule has 0 aliphatic carbocycles. The molecular formula is C18H24N2O3. The van der Waals surface area contributed by atoms with Crippen LogP contribution in [0.2, 0.25) is 0 Å². The fraction of sp³-hybridized carbons (Fsp3) is 0.556. The third kappa shape index (κ3) is 3.33. The van der Waals surface area contributed by atoms with E-state index in [1.807, 2.05) is 43.0 Å². The lowest BCUT2D eigenvalue weighted by molar-refractivity contribution is -0.138. The van der Waals surface area contributed by atoms with Crippen molar-refractivity contribution in [1.29, 1.82) is 0 Å². The molecule has 1 fully saturated rings. The van der Waals surface area contributed by atoms with Gasteiger partial charge in [0, 0.05) is 30.5 Å². The molecule has 1 aromatic rings. The van der Waals surface area contributed by atoms with Gasteiger partial charge in [-0.3, -0.25) is 9.59 Å². The molecule has 0 saturated carbocycles. The maximum absolute atomic E-state index is 12.5. The zero-order valence-corrected chi connectivity index (χ0v) is 13.7. The second kappa shape index (κ2) is 6.60. The second-order valence-corrected chi connectivity index (χ2v) is 6.66. The first-order chi connectivity index (χ1) is 11.1. The quantitative estimate of drug-likeness (QED) is 0.929. The number of amides is 2. The molecular weight excluding hydrogens is 292 g/mol.